The van der Waals surface area contributed by atoms with Gasteiger partial charge in [-0.3, -0.25) is 14.5 Å². The second-order valence-electron chi connectivity index (χ2n) is 4.17. The van der Waals surface area contributed by atoms with E-state index in [1.807, 2.05) is 0 Å². The topological polar surface area (TPSA) is 49.4 Å². The molecular formula is C12H13FN2O2. The fraction of sp³-hybridized carbons (Fsp3) is 0.333. The molecule has 1 unspecified atom stereocenters. The second kappa shape index (κ2) is 4.16. The first-order chi connectivity index (χ1) is 7.99. The maximum atomic E-state index is 13.7. The number of halogens is 1. The Morgan fingerprint density at radius 3 is 2.76 bits per heavy atom. The van der Waals surface area contributed by atoms with E-state index < -0.39 is 11.9 Å². The molecule has 1 aliphatic rings. The Hall–Kier alpha value is -1.91. The van der Waals surface area contributed by atoms with Crippen molar-refractivity contribution in [2.45, 2.75) is 19.9 Å². The Balaban J connectivity index is 2.38. The number of carbonyl (C=O) groups excluding carboxylic acids is 2. The van der Waals surface area contributed by atoms with Gasteiger partial charge >= 0.3 is 0 Å². The summed E-state index contributed by atoms with van der Waals surface area (Å²) >= 11 is 0. The van der Waals surface area contributed by atoms with Gasteiger partial charge in [0.2, 0.25) is 11.8 Å². The van der Waals surface area contributed by atoms with Gasteiger partial charge in [-0.25, -0.2) is 4.39 Å². The third-order valence-corrected chi connectivity index (χ3v) is 2.71. The molecule has 90 valence electrons. The van der Waals surface area contributed by atoms with Crippen LogP contribution in [-0.4, -0.2) is 24.4 Å². The first-order valence-electron chi connectivity index (χ1n) is 5.36. The van der Waals surface area contributed by atoms with Gasteiger partial charge in [-0.15, -0.1) is 0 Å². The maximum absolute atomic E-state index is 13.7. The van der Waals surface area contributed by atoms with Crippen LogP contribution in [0.2, 0.25) is 0 Å². The monoisotopic (exact) mass is 236 g/mol. The van der Waals surface area contributed by atoms with Gasteiger partial charge in [-0.1, -0.05) is 6.07 Å². The van der Waals surface area contributed by atoms with E-state index in [0.29, 0.717) is 0 Å². The molecule has 17 heavy (non-hydrogen) atoms. The van der Waals surface area contributed by atoms with Gasteiger partial charge in [0.1, 0.15) is 18.4 Å². The Morgan fingerprint density at radius 2 is 2.12 bits per heavy atom. The number of carbonyl (C=O) groups is 2. The van der Waals surface area contributed by atoms with Crippen LogP contribution in [0, 0.1) is 12.7 Å². The molecule has 0 bridgehead atoms. The maximum Gasteiger partial charge on any atom is 0.249 e. The lowest BCUT2D eigenvalue weighted by atomic mass is 10.1. The van der Waals surface area contributed by atoms with Crippen LogP contribution >= 0.6 is 0 Å². The molecule has 0 aromatic heterocycles. The molecule has 1 aromatic carbocycles. The van der Waals surface area contributed by atoms with Gasteiger partial charge in [0.15, 0.2) is 0 Å². The number of anilines is 1. The van der Waals surface area contributed by atoms with Gasteiger partial charge in [0.25, 0.3) is 0 Å². The van der Waals surface area contributed by atoms with Gasteiger partial charge in [-0.05, 0) is 31.5 Å². The van der Waals surface area contributed by atoms with E-state index in [1.54, 1.807) is 19.9 Å². The van der Waals surface area contributed by atoms with Gasteiger partial charge in [0, 0.05) is 0 Å². The summed E-state index contributed by atoms with van der Waals surface area (Å²) in [4.78, 5) is 24.4. The number of aryl methyl sites for hydroxylation is 1. The number of nitrogens with one attached hydrogen (secondary N) is 1. The van der Waals surface area contributed by atoms with Gasteiger partial charge in [0.05, 0.1) is 5.69 Å². The fourth-order valence-corrected chi connectivity index (χ4v) is 1.84. The normalized spacial score (nSPS) is 20.4. The van der Waals surface area contributed by atoms with Crippen molar-refractivity contribution in [3.8, 4) is 0 Å². The predicted molar refractivity (Wildman–Crippen MR) is 61.1 cm³/mol. The minimum Gasteiger partial charge on any atom is -0.343 e. The number of hydrogen-bond acceptors (Lipinski definition) is 2. The number of hydrogen-bond donors (Lipinski definition) is 1. The van der Waals surface area contributed by atoms with Crippen LogP contribution < -0.4 is 10.2 Å². The number of benzene rings is 1. The van der Waals surface area contributed by atoms with Crippen molar-refractivity contribution < 1.29 is 14.0 Å². The average molecular weight is 236 g/mol. The van der Waals surface area contributed by atoms with E-state index in [2.05, 4.69) is 5.32 Å². The van der Waals surface area contributed by atoms with Crippen molar-refractivity contribution in [2.75, 3.05) is 11.4 Å². The first-order valence-corrected chi connectivity index (χ1v) is 5.36. The van der Waals surface area contributed by atoms with E-state index in [9.17, 15) is 14.0 Å². The van der Waals surface area contributed by atoms with Crippen molar-refractivity contribution in [1.82, 2.24) is 5.32 Å². The van der Waals surface area contributed by atoms with Crippen LogP contribution in [0.25, 0.3) is 0 Å². The highest BCUT2D eigenvalue weighted by molar-refractivity contribution is 6.06. The highest BCUT2D eigenvalue weighted by atomic mass is 19.1. The molecule has 2 amide bonds. The van der Waals surface area contributed by atoms with Crippen LogP contribution in [0.15, 0.2) is 18.2 Å². The second-order valence-corrected chi connectivity index (χ2v) is 4.17. The van der Waals surface area contributed by atoms with Crippen LogP contribution in [0.3, 0.4) is 0 Å². The molecule has 0 saturated carbocycles. The summed E-state index contributed by atoms with van der Waals surface area (Å²) in [5.41, 5.74) is 0.926. The molecule has 1 saturated heterocycles. The van der Waals surface area contributed by atoms with Gasteiger partial charge in [-0.2, -0.15) is 0 Å². The quantitative estimate of drug-likeness (QED) is 0.790. The van der Waals surface area contributed by atoms with Crippen LogP contribution in [0.5, 0.6) is 0 Å². The highest BCUT2D eigenvalue weighted by Gasteiger charge is 2.31. The van der Waals surface area contributed by atoms with Crippen LogP contribution in [0.4, 0.5) is 10.1 Å². The van der Waals surface area contributed by atoms with Crippen LogP contribution in [-0.2, 0) is 9.59 Å². The van der Waals surface area contributed by atoms with Crippen molar-refractivity contribution in [3.05, 3.63) is 29.6 Å². The third kappa shape index (κ3) is 2.13. The Bertz CT molecular complexity index is 487. The van der Waals surface area contributed by atoms with Crippen molar-refractivity contribution >= 4 is 17.5 Å². The number of nitrogens with zero attached hydrogens (tertiary/aromatic N) is 1. The minimum absolute atomic E-state index is 0.136. The highest BCUT2D eigenvalue weighted by Crippen LogP contribution is 2.22. The Kier molecular flexibility index (Phi) is 2.83. The summed E-state index contributed by atoms with van der Waals surface area (Å²) in [6.07, 6.45) is 0. The standard InChI is InChI=1S/C12H13FN2O2/c1-7-3-4-10(9(13)5-7)15-6-11(16)14-8(2)12(15)17/h3-5,8H,6H2,1-2H3,(H,14,16). The molecule has 0 radical (unpaired) electrons. The molecular weight excluding hydrogens is 223 g/mol. The fourth-order valence-electron chi connectivity index (χ4n) is 1.84. The molecule has 0 spiro atoms. The molecule has 5 heteroatoms. The molecule has 2 rings (SSSR count). The zero-order valence-electron chi connectivity index (χ0n) is 9.66. The van der Waals surface area contributed by atoms with Crippen molar-refractivity contribution in [1.29, 1.82) is 0 Å². The summed E-state index contributed by atoms with van der Waals surface area (Å²) in [5, 5.41) is 2.51. The SMILES string of the molecule is Cc1ccc(N2CC(=O)NC(C)C2=O)c(F)c1. The summed E-state index contributed by atoms with van der Waals surface area (Å²) < 4.78 is 13.7. The summed E-state index contributed by atoms with van der Waals surface area (Å²) in [5.74, 6) is -1.07. The zero-order chi connectivity index (χ0) is 12.6. The Labute approximate surface area is 98.4 Å². The smallest absolute Gasteiger partial charge is 0.249 e. The minimum atomic E-state index is -0.614. The Morgan fingerprint density at radius 1 is 1.41 bits per heavy atom. The molecule has 1 N–H and O–H groups in total. The summed E-state index contributed by atoms with van der Waals surface area (Å²) in [7, 11) is 0. The van der Waals surface area contributed by atoms with E-state index in [4.69, 9.17) is 0 Å². The van der Waals surface area contributed by atoms with Crippen LogP contribution in [0.1, 0.15) is 12.5 Å². The molecule has 4 nitrogen and oxygen atoms in total. The molecule has 0 aliphatic carbocycles. The lowest BCUT2D eigenvalue weighted by Gasteiger charge is -2.31. The molecule has 1 aromatic rings. The number of piperazine rings is 1. The van der Waals surface area contributed by atoms with Crippen molar-refractivity contribution in [3.63, 3.8) is 0 Å². The third-order valence-electron chi connectivity index (χ3n) is 2.71. The lowest BCUT2D eigenvalue weighted by molar-refractivity contribution is -0.130. The van der Waals surface area contributed by atoms with Gasteiger partial charge < -0.3 is 5.32 Å². The molecule has 1 aliphatic heterocycles. The van der Waals surface area contributed by atoms with E-state index in [1.165, 1.54) is 17.0 Å². The molecule has 1 fully saturated rings. The largest absolute Gasteiger partial charge is 0.343 e. The molecule has 1 heterocycles. The average Bonchev–Trinajstić information content (AvgIpc) is 2.24. The summed E-state index contributed by atoms with van der Waals surface area (Å²) in [6.45, 7) is 3.21. The lowest BCUT2D eigenvalue weighted by Crippen LogP contribution is -2.57. The first kappa shape index (κ1) is 11.6. The van der Waals surface area contributed by atoms with E-state index >= 15 is 0 Å². The van der Waals surface area contributed by atoms with Crippen molar-refractivity contribution in [2.24, 2.45) is 0 Å². The molecule has 1 atom stereocenters. The zero-order valence-corrected chi connectivity index (χ0v) is 9.66. The number of amides is 2. The predicted octanol–water partition coefficient (Wildman–Crippen LogP) is 0.985. The van der Waals surface area contributed by atoms with E-state index in [-0.39, 0.29) is 24.0 Å². The summed E-state index contributed by atoms with van der Waals surface area (Å²) in [6, 6.07) is 3.97. The number of rotatable bonds is 1. The van der Waals surface area contributed by atoms with E-state index in [0.717, 1.165) is 5.56 Å².